The van der Waals surface area contributed by atoms with E-state index in [0.717, 1.165) is 11.1 Å². The molecule has 2 heterocycles. The molecule has 1 amide bonds. The molecule has 0 fully saturated rings. The van der Waals surface area contributed by atoms with Gasteiger partial charge < -0.3 is 5.73 Å². The van der Waals surface area contributed by atoms with Crippen LogP contribution in [0.5, 0.6) is 0 Å². The molecule has 0 bridgehead atoms. The van der Waals surface area contributed by atoms with Gasteiger partial charge in [0.1, 0.15) is 5.41 Å². The van der Waals surface area contributed by atoms with Crippen molar-refractivity contribution in [3.63, 3.8) is 0 Å². The number of benzene rings is 1. The van der Waals surface area contributed by atoms with Crippen LogP contribution in [0, 0.1) is 0 Å². The van der Waals surface area contributed by atoms with E-state index < -0.39 is 11.3 Å². The van der Waals surface area contributed by atoms with Crippen molar-refractivity contribution in [3.8, 4) is 0 Å². The van der Waals surface area contributed by atoms with Crippen LogP contribution in [0.15, 0.2) is 47.6 Å². The van der Waals surface area contributed by atoms with Crippen molar-refractivity contribution in [2.45, 2.75) is 18.9 Å². The summed E-state index contributed by atoms with van der Waals surface area (Å²) in [6.07, 6.45) is 3.50. The van der Waals surface area contributed by atoms with Crippen molar-refractivity contribution in [1.82, 2.24) is 4.98 Å². The third-order valence-corrected chi connectivity index (χ3v) is 3.89. The van der Waals surface area contributed by atoms with Crippen LogP contribution >= 0.6 is 0 Å². The Hall–Kier alpha value is -2.49. The molecule has 1 unspecified atom stereocenters. The summed E-state index contributed by atoms with van der Waals surface area (Å²) in [6.45, 7) is 2.51. The minimum absolute atomic E-state index is 0.411. The fourth-order valence-corrected chi connectivity index (χ4v) is 2.49. The summed E-state index contributed by atoms with van der Waals surface area (Å²) in [5.74, 6) is -0.411. The van der Waals surface area contributed by atoms with Gasteiger partial charge in [-0.15, -0.1) is 0 Å². The molecule has 2 aromatic rings. The Morgan fingerprint density at radius 2 is 2.15 bits per heavy atom. The van der Waals surface area contributed by atoms with Gasteiger partial charge in [-0.05, 0) is 41.8 Å². The molecule has 4 heteroatoms. The minimum atomic E-state index is -0.938. The summed E-state index contributed by atoms with van der Waals surface area (Å²) in [5.41, 5.74) is 8.44. The highest BCUT2D eigenvalue weighted by molar-refractivity contribution is 5.91. The number of nitrogens with zero attached hydrogens (tertiary/aromatic N) is 2. The Morgan fingerprint density at radius 3 is 2.85 bits per heavy atom. The van der Waals surface area contributed by atoms with Crippen LogP contribution in [0.2, 0.25) is 0 Å². The number of fused-ring (bicyclic) bond motifs is 1. The van der Waals surface area contributed by atoms with E-state index in [-0.39, 0.29) is 0 Å². The Kier molecular flexibility index (Phi) is 2.86. The number of primary amides is 1. The summed E-state index contributed by atoms with van der Waals surface area (Å²) in [7, 11) is 0. The topological polar surface area (TPSA) is 68.3 Å². The van der Waals surface area contributed by atoms with Crippen LogP contribution < -0.4 is 5.73 Å². The van der Waals surface area contributed by atoms with E-state index in [2.05, 4.69) is 9.98 Å². The predicted molar refractivity (Wildman–Crippen MR) is 77.6 cm³/mol. The zero-order chi connectivity index (χ0) is 14.2. The predicted octanol–water partition coefficient (Wildman–Crippen LogP) is 1.81. The lowest BCUT2D eigenvalue weighted by Crippen LogP contribution is -2.40. The molecule has 0 saturated heterocycles. The quantitative estimate of drug-likeness (QED) is 0.919. The molecule has 1 aliphatic rings. The molecule has 2 N–H and O–H groups in total. The van der Waals surface area contributed by atoms with Crippen molar-refractivity contribution in [2.24, 2.45) is 10.7 Å². The molecule has 4 nitrogen and oxygen atoms in total. The maximum atomic E-state index is 12.1. The van der Waals surface area contributed by atoms with Crippen molar-refractivity contribution in [3.05, 3.63) is 65.0 Å². The van der Waals surface area contributed by atoms with E-state index in [1.807, 2.05) is 49.5 Å². The molecule has 100 valence electrons. The maximum Gasteiger partial charge on any atom is 0.233 e. The second-order valence-corrected chi connectivity index (χ2v) is 5.09. The van der Waals surface area contributed by atoms with E-state index in [9.17, 15) is 4.79 Å². The summed E-state index contributed by atoms with van der Waals surface area (Å²) >= 11 is 0. The number of hydrogen-bond acceptors (Lipinski definition) is 3. The Morgan fingerprint density at radius 1 is 1.30 bits per heavy atom. The highest BCUT2D eigenvalue weighted by Gasteiger charge is 2.37. The van der Waals surface area contributed by atoms with E-state index in [1.165, 1.54) is 5.56 Å². The molecule has 3 rings (SSSR count). The second-order valence-electron chi connectivity index (χ2n) is 5.09. The number of amides is 1. The van der Waals surface area contributed by atoms with Crippen LogP contribution in [0.1, 0.15) is 29.3 Å². The minimum Gasteiger partial charge on any atom is -0.369 e. The standard InChI is InChI=1S/C16H15N3O/c1-16(15(17)20,14-4-2-3-7-19-14)13-6-5-11-9-18-10-12(11)8-13/h2-8,10H,9H2,1H3,(H2,17,20). The first kappa shape index (κ1) is 12.5. The lowest BCUT2D eigenvalue weighted by Gasteiger charge is -2.26. The fraction of sp³-hybridized carbons (Fsp3) is 0.188. The normalized spacial score (nSPS) is 15.7. The van der Waals surface area contributed by atoms with Crippen molar-refractivity contribution in [2.75, 3.05) is 0 Å². The molecule has 0 radical (unpaired) electrons. The first-order valence-corrected chi connectivity index (χ1v) is 6.47. The molecule has 1 aromatic carbocycles. The highest BCUT2D eigenvalue weighted by atomic mass is 16.1. The summed E-state index contributed by atoms with van der Waals surface area (Å²) < 4.78 is 0. The van der Waals surface area contributed by atoms with E-state index >= 15 is 0 Å². The smallest absolute Gasteiger partial charge is 0.233 e. The first-order valence-electron chi connectivity index (χ1n) is 6.47. The number of nitrogens with two attached hydrogens (primary N) is 1. The number of carbonyl (C=O) groups excluding carboxylic acids is 1. The van der Waals surface area contributed by atoms with Crippen molar-refractivity contribution in [1.29, 1.82) is 0 Å². The number of hydrogen-bond donors (Lipinski definition) is 1. The van der Waals surface area contributed by atoms with Gasteiger partial charge in [-0.2, -0.15) is 0 Å². The van der Waals surface area contributed by atoms with Crippen molar-refractivity contribution >= 4 is 12.1 Å². The van der Waals surface area contributed by atoms with E-state index in [0.29, 0.717) is 12.2 Å². The Balaban J connectivity index is 2.17. The van der Waals surface area contributed by atoms with Crippen LogP contribution in [-0.2, 0) is 16.8 Å². The van der Waals surface area contributed by atoms with Gasteiger partial charge in [0.05, 0.1) is 12.2 Å². The molecular weight excluding hydrogens is 250 g/mol. The van der Waals surface area contributed by atoms with Crippen LogP contribution in [0.4, 0.5) is 0 Å². The zero-order valence-electron chi connectivity index (χ0n) is 11.2. The number of aliphatic imine (C=N–C) groups is 1. The molecule has 1 atom stereocenters. The average molecular weight is 265 g/mol. The fourth-order valence-electron chi connectivity index (χ4n) is 2.49. The zero-order valence-corrected chi connectivity index (χ0v) is 11.2. The van der Waals surface area contributed by atoms with Gasteiger partial charge in [0.2, 0.25) is 5.91 Å². The van der Waals surface area contributed by atoms with E-state index in [4.69, 9.17) is 5.73 Å². The summed E-state index contributed by atoms with van der Waals surface area (Å²) in [5, 5.41) is 0. The molecule has 1 aliphatic heterocycles. The molecule has 20 heavy (non-hydrogen) atoms. The third kappa shape index (κ3) is 1.81. The maximum absolute atomic E-state index is 12.1. The van der Waals surface area contributed by atoms with Crippen LogP contribution in [-0.4, -0.2) is 17.1 Å². The first-order chi connectivity index (χ1) is 9.62. The van der Waals surface area contributed by atoms with Gasteiger partial charge >= 0.3 is 0 Å². The average Bonchev–Trinajstić information content (AvgIpc) is 2.94. The molecular formula is C16H15N3O. The van der Waals surface area contributed by atoms with Gasteiger partial charge in [-0.25, -0.2) is 0 Å². The number of carbonyl (C=O) groups is 1. The van der Waals surface area contributed by atoms with Crippen molar-refractivity contribution < 1.29 is 4.79 Å². The number of rotatable bonds is 3. The molecule has 0 saturated carbocycles. The second kappa shape index (κ2) is 4.56. The van der Waals surface area contributed by atoms with Gasteiger partial charge in [-0.3, -0.25) is 14.8 Å². The Bertz CT molecular complexity index is 694. The lowest BCUT2D eigenvalue weighted by molar-refractivity contribution is -0.121. The number of aromatic nitrogens is 1. The largest absolute Gasteiger partial charge is 0.369 e. The summed E-state index contributed by atoms with van der Waals surface area (Å²) in [6, 6.07) is 11.4. The third-order valence-electron chi connectivity index (χ3n) is 3.89. The molecule has 1 aromatic heterocycles. The monoisotopic (exact) mass is 265 g/mol. The van der Waals surface area contributed by atoms with Gasteiger partial charge in [-0.1, -0.05) is 18.2 Å². The SMILES string of the molecule is CC(C(N)=O)(c1ccc2c(c1)C=NC2)c1ccccn1. The van der Waals surface area contributed by atoms with Crippen LogP contribution in [0.3, 0.4) is 0 Å². The van der Waals surface area contributed by atoms with Gasteiger partial charge in [0.25, 0.3) is 0 Å². The lowest BCUT2D eigenvalue weighted by atomic mass is 9.77. The number of pyridine rings is 1. The van der Waals surface area contributed by atoms with E-state index in [1.54, 1.807) is 6.20 Å². The highest BCUT2D eigenvalue weighted by Crippen LogP contribution is 2.32. The molecule has 0 spiro atoms. The molecule has 0 aliphatic carbocycles. The van der Waals surface area contributed by atoms with Gasteiger partial charge in [0, 0.05) is 12.4 Å². The summed E-state index contributed by atoms with van der Waals surface area (Å²) in [4.78, 5) is 20.6. The van der Waals surface area contributed by atoms with Gasteiger partial charge in [0.15, 0.2) is 0 Å². The van der Waals surface area contributed by atoms with Crippen LogP contribution in [0.25, 0.3) is 0 Å². The Labute approximate surface area is 117 Å².